The van der Waals surface area contributed by atoms with Crippen LogP contribution in [0.25, 0.3) is 0 Å². The largest absolute Gasteiger partial charge is 0.327 e. The van der Waals surface area contributed by atoms with Gasteiger partial charge in [0.15, 0.2) is 0 Å². The molecule has 0 aliphatic heterocycles. The molecule has 1 rings (SSSR count). The molecule has 0 saturated heterocycles. The average Bonchev–Trinajstić information content (AvgIpc) is 2.25. The van der Waals surface area contributed by atoms with Crippen molar-refractivity contribution in [1.29, 1.82) is 0 Å². The molecule has 0 spiro atoms. The monoisotopic (exact) mass is 226 g/mol. The summed E-state index contributed by atoms with van der Waals surface area (Å²) in [5, 5.41) is 2.72. The highest BCUT2D eigenvalue weighted by molar-refractivity contribution is 7.36. The lowest BCUT2D eigenvalue weighted by Crippen LogP contribution is -2.47. The second kappa shape index (κ2) is 5.81. The third-order valence-corrected chi connectivity index (χ3v) is 2.95. The van der Waals surface area contributed by atoms with Gasteiger partial charge in [0.25, 0.3) is 0 Å². The fraction of sp³-hybridized carbons (Fsp3) is 0.300. The maximum Gasteiger partial charge on any atom is 0.221 e. The van der Waals surface area contributed by atoms with Crippen molar-refractivity contribution in [2.75, 3.05) is 5.32 Å². The van der Waals surface area contributed by atoms with Gasteiger partial charge in [0.2, 0.25) is 5.91 Å². The van der Waals surface area contributed by atoms with E-state index in [2.05, 4.69) is 5.32 Å². The summed E-state index contributed by atoms with van der Waals surface area (Å²) in [5.74, 6) is -0.205. The lowest BCUT2D eigenvalue weighted by Gasteiger charge is -2.24. The van der Waals surface area contributed by atoms with Gasteiger partial charge in [-0.1, -0.05) is 16.5 Å². The fourth-order valence-electron chi connectivity index (χ4n) is 2.04. The first kappa shape index (κ1) is 15.1. The topological polar surface area (TPSA) is 29.1 Å². The molecule has 2 nitrogen and oxygen atoms in total. The Labute approximate surface area is 115 Å². The van der Waals surface area contributed by atoms with Gasteiger partial charge in [-0.15, -0.1) is 5.46 Å². The molecule has 0 bridgehead atoms. The van der Waals surface area contributed by atoms with Crippen LogP contribution in [-0.4, -0.2) is 50.6 Å². The standard InChI is InChI=1S/C10H10B6NO/c1-4-7(11)8(15-12)5(2)9(16(13)14)10(4)17-6(3)18/h1-3H3,(H,17,18). The molecule has 1 amide bonds. The van der Waals surface area contributed by atoms with Crippen molar-refractivity contribution in [2.45, 2.75) is 20.8 Å². The van der Waals surface area contributed by atoms with E-state index in [0.29, 0.717) is 27.6 Å². The van der Waals surface area contributed by atoms with Crippen molar-refractivity contribution in [3.8, 4) is 0 Å². The SMILES string of the molecule is [B][B]c1c([B])c(C)c(NC(C)=O)c(B([B])[B])c1C. The van der Waals surface area contributed by atoms with E-state index in [1.54, 1.807) is 6.92 Å². The molecule has 18 heavy (non-hydrogen) atoms. The van der Waals surface area contributed by atoms with Gasteiger partial charge in [0.1, 0.15) is 7.85 Å². The van der Waals surface area contributed by atoms with E-state index < -0.39 is 6.49 Å². The number of hydrogen-bond donors (Lipinski definition) is 1. The molecule has 0 atom stereocenters. The number of amides is 1. The maximum atomic E-state index is 11.3. The first-order valence-corrected chi connectivity index (χ1v) is 5.57. The zero-order valence-electron chi connectivity index (χ0n) is 10.9. The number of carbonyl (C=O) groups is 1. The summed E-state index contributed by atoms with van der Waals surface area (Å²) in [4.78, 5) is 11.3. The molecule has 0 aliphatic carbocycles. The molecule has 0 aromatic heterocycles. The lowest BCUT2D eigenvalue weighted by atomic mass is 9.16. The van der Waals surface area contributed by atoms with Gasteiger partial charge in [0.05, 0.1) is 13.7 Å². The third-order valence-electron chi connectivity index (χ3n) is 2.95. The molecule has 1 aromatic carbocycles. The number of benzene rings is 1. The van der Waals surface area contributed by atoms with Gasteiger partial charge in [-0.25, -0.2) is 0 Å². The Morgan fingerprint density at radius 1 is 1.28 bits per heavy atom. The molecule has 0 unspecified atom stereocenters. The summed E-state index contributed by atoms with van der Waals surface area (Å²) in [7, 11) is 24.5. The molecule has 0 heterocycles. The summed E-state index contributed by atoms with van der Waals surface area (Å²) >= 11 is 0. The van der Waals surface area contributed by atoms with Crippen LogP contribution in [0.3, 0.4) is 0 Å². The molecular weight excluding hydrogens is 215 g/mol. The highest BCUT2D eigenvalue weighted by Gasteiger charge is 2.18. The number of carbonyl (C=O) groups excluding carboxylic acids is 1. The quantitative estimate of drug-likeness (QED) is 0.566. The van der Waals surface area contributed by atoms with Crippen molar-refractivity contribution >= 4 is 72.7 Å². The first-order valence-electron chi connectivity index (χ1n) is 5.57. The third kappa shape index (κ3) is 2.73. The van der Waals surface area contributed by atoms with Crippen LogP contribution in [0.2, 0.25) is 0 Å². The van der Waals surface area contributed by atoms with Gasteiger partial charge in [0, 0.05) is 35.8 Å². The predicted octanol–water partition coefficient (Wildman–Crippen LogP) is -2.50. The molecule has 0 fully saturated rings. The van der Waals surface area contributed by atoms with Gasteiger partial charge in [-0.2, -0.15) is 0 Å². The molecule has 1 aromatic rings. The second-order valence-electron chi connectivity index (χ2n) is 4.24. The van der Waals surface area contributed by atoms with E-state index in [0.717, 1.165) is 5.56 Å². The number of rotatable bonds is 3. The maximum absolute atomic E-state index is 11.3. The van der Waals surface area contributed by atoms with Crippen LogP contribution < -0.4 is 21.7 Å². The van der Waals surface area contributed by atoms with Crippen molar-refractivity contribution < 1.29 is 4.79 Å². The van der Waals surface area contributed by atoms with E-state index in [9.17, 15) is 4.79 Å². The van der Waals surface area contributed by atoms with Crippen LogP contribution in [0, 0.1) is 13.8 Å². The van der Waals surface area contributed by atoms with Gasteiger partial charge >= 0.3 is 0 Å². The van der Waals surface area contributed by atoms with E-state index >= 15 is 0 Å². The van der Waals surface area contributed by atoms with E-state index in [4.69, 9.17) is 31.1 Å². The smallest absolute Gasteiger partial charge is 0.221 e. The minimum Gasteiger partial charge on any atom is -0.327 e. The molecule has 9 radical (unpaired) electrons. The van der Waals surface area contributed by atoms with Crippen molar-refractivity contribution in [3.63, 3.8) is 0 Å². The average molecular weight is 225 g/mol. The number of anilines is 1. The zero-order valence-corrected chi connectivity index (χ0v) is 10.9. The van der Waals surface area contributed by atoms with E-state index in [1.165, 1.54) is 14.1 Å². The first-order chi connectivity index (χ1) is 8.31. The number of nitrogens with one attached hydrogen (secondary N) is 1. The molecule has 1 N–H and O–H groups in total. The van der Waals surface area contributed by atoms with Gasteiger partial charge < -0.3 is 5.32 Å². The van der Waals surface area contributed by atoms with Crippen LogP contribution in [0.1, 0.15) is 18.1 Å². The minimum atomic E-state index is -0.718. The molecule has 79 valence electrons. The van der Waals surface area contributed by atoms with Crippen LogP contribution >= 0.6 is 0 Å². The Kier molecular flexibility index (Phi) is 4.89. The van der Waals surface area contributed by atoms with Crippen molar-refractivity contribution in [1.82, 2.24) is 0 Å². The molecule has 8 heteroatoms. The van der Waals surface area contributed by atoms with Crippen LogP contribution in [-0.2, 0) is 4.79 Å². The van der Waals surface area contributed by atoms with Crippen LogP contribution in [0.15, 0.2) is 0 Å². The second-order valence-corrected chi connectivity index (χ2v) is 4.24. The fourth-order valence-corrected chi connectivity index (χ4v) is 2.04. The zero-order chi connectivity index (χ0) is 14.0. The minimum absolute atomic E-state index is 0.205. The van der Waals surface area contributed by atoms with E-state index in [1.807, 2.05) is 6.92 Å². The van der Waals surface area contributed by atoms with Crippen molar-refractivity contribution in [3.05, 3.63) is 11.1 Å². The molecular formula is C10H10B6NO. The Bertz CT molecular complexity index is 488. The lowest BCUT2D eigenvalue weighted by molar-refractivity contribution is -0.114. The summed E-state index contributed by atoms with van der Waals surface area (Å²) in [6.07, 6.45) is 0. The Hall–Kier alpha value is -0.920. The summed E-state index contributed by atoms with van der Waals surface area (Å²) in [6, 6.07) is 0. The highest BCUT2D eigenvalue weighted by atomic mass is 16.1. The Morgan fingerprint density at radius 2 is 1.83 bits per heavy atom. The normalized spacial score (nSPS) is 9.94. The highest BCUT2D eigenvalue weighted by Crippen LogP contribution is 2.11. The molecule has 0 aliphatic rings. The number of hydrogen-bond acceptors (Lipinski definition) is 1. The van der Waals surface area contributed by atoms with Crippen LogP contribution in [0.4, 0.5) is 5.69 Å². The predicted molar refractivity (Wildman–Crippen MR) is 83.6 cm³/mol. The van der Waals surface area contributed by atoms with Crippen LogP contribution in [0.5, 0.6) is 0 Å². The van der Waals surface area contributed by atoms with Crippen molar-refractivity contribution in [2.24, 2.45) is 0 Å². The Balaban J connectivity index is 3.62. The van der Waals surface area contributed by atoms with E-state index in [-0.39, 0.29) is 5.91 Å². The summed E-state index contributed by atoms with van der Waals surface area (Å²) in [5.41, 5.74) is 3.91. The van der Waals surface area contributed by atoms with Gasteiger partial charge in [-0.05, 0) is 19.4 Å². The molecule has 0 saturated carbocycles. The summed E-state index contributed by atoms with van der Waals surface area (Å²) in [6.45, 7) is 4.31. The van der Waals surface area contributed by atoms with Gasteiger partial charge in [-0.3, -0.25) is 4.79 Å². The summed E-state index contributed by atoms with van der Waals surface area (Å²) < 4.78 is 0. The Morgan fingerprint density at radius 3 is 2.22 bits per heavy atom.